The lowest BCUT2D eigenvalue weighted by Gasteiger charge is -2.26. The molecule has 28 nitrogen and oxygen atoms in total. The third-order valence-electron chi connectivity index (χ3n) is 12.5. The van der Waals surface area contributed by atoms with E-state index in [1.54, 1.807) is 0 Å². The van der Waals surface area contributed by atoms with E-state index in [-0.39, 0.29) is 72.6 Å². The standard InChI is InChI=1S/C66H62N2O26S4/c1-33(2)53(71)83-23-21-67-51(69)43(52(70)68(67)22-24-84-54(72)34(3)4)65-95-47-45(93-61(79)41-19-15-13-17-39(41)59(77)89-29-25-85-55(73)35(5)6)49-50(46(48(47)96-65)94-62(80)42-20-16-14-18-40(42)60(78)90-30-26-86-56(74)36(7)8)98-66(97-49)44(63(81)91-31-27-87-57(75)37(9)10)64(82)92-32-28-88-58(76)38(11)12/h13-20H,1,3,5,7,9,11,21-32H2,2,4,6,8,10,12H3. The van der Waals surface area contributed by atoms with Crippen molar-refractivity contribution in [2.45, 2.75) is 61.1 Å². The number of rotatable bonds is 32. The second-order valence-corrected chi connectivity index (χ2v) is 25.1. The molecule has 0 N–H and O–H groups in total. The van der Waals surface area contributed by atoms with Gasteiger partial charge >= 0.3 is 71.6 Å². The van der Waals surface area contributed by atoms with Gasteiger partial charge in [-0.15, -0.1) is 0 Å². The van der Waals surface area contributed by atoms with Crippen LogP contribution in [0.5, 0.6) is 11.5 Å². The molecule has 3 heterocycles. The van der Waals surface area contributed by atoms with Gasteiger partial charge in [0, 0.05) is 33.4 Å². The molecule has 98 heavy (non-hydrogen) atoms. The number of hydrogen-bond donors (Lipinski definition) is 0. The Hall–Kier alpha value is -10.4. The lowest BCUT2D eigenvalue weighted by Crippen LogP contribution is -2.44. The third kappa shape index (κ3) is 19.8. The number of amides is 2. The summed E-state index contributed by atoms with van der Waals surface area (Å²) in [5.74, 6) is -15.6. The second-order valence-electron chi connectivity index (χ2n) is 20.5. The minimum Gasteiger partial charge on any atom is -0.460 e. The van der Waals surface area contributed by atoms with Crippen molar-refractivity contribution in [1.82, 2.24) is 10.0 Å². The highest BCUT2D eigenvalue weighted by Gasteiger charge is 2.48. The summed E-state index contributed by atoms with van der Waals surface area (Å²) in [7, 11) is 0. The molecule has 0 unspecified atom stereocenters. The maximum absolute atomic E-state index is 15.0. The molecule has 0 aliphatic carbocycles. The van der Waals surface area contributed by atoms with Crippen LogP contribution in [-0.4, -0.2) is 173 Å². The van der Waals surface area contributed by atoms with Gasteiger partial charge in [-0.3, -0.25) is 9.59 Å². The number of carbonyl (C=O) groups is 14. The third-order valence-corrected chi connectivity index (χ3v) is 17.7. The molecule has 0 bridgehead atoms. The zero-order chi connectivity index (χ0) is 72.2. The number of carbonyl (C=O) groups excluding carboxylic acids is 14. The maximum Gasteiger partial charge on any atom is 0.347 e. The molecule has 1 fully saturated rings. The molecule has 32 heteroatoms. The first-order valence-electron chi connectivity index (χ1n) is 28.8. The van der Waals surface area contributed by atoms with Crippen LogP contribution in [0.3, 0.4) is 0 Å². The van der Waals surface area contributed by atoms with E-state index >= 15 is 0 Å². The number of hydrazine groups is 1. The molecule has 0 saturated carbocycles. The van der Waals surface area contributed by atoms with Crippen molar-refractivity contribution in [3.05, 3.63) is 163 Å². The molecule has 516 valence electrons. The SMILES string of the molecule is C=C(C)C(=O)OCCOC(=O)C(C(=O)OCCOC(=O)C(=C)C)=C1Sc2c(OC(=O)c3ccccc3C(=O)OCCOC(=O)C(=C)C)c3c(c(OC(=O)c4ccccc4C(=O)OCCOC(=O)C(=C)C)c2S1)SC(=C1C(=O)N(CCOC(=O)C(=C)C)N(CCOC(=O)C(=C)C)C1=O)S3. The van der Waals surface area contributed by atoms with E-state index in [4.69, 9.17) is 56.8 Å². The van der Waals surface area contributed by atoms with E-state index in [0.29, 0.717) is 47.0 Å². The summed E-state index contributed by atoms with van der Waals surface area (Å²) in [4.78, 5) is 189. The van der Waals surface area contributed by atoms with Crippen LogP contribution in [0, 0.1) is 0 Å². The van der Waals surface area contributed by atoms with E-state index in [1.165, 1.54) is 90.1 Å². The number of ether oxygens (including phenoxy) is 12. The van der Waals surface area contributed by atoms with Gasteiger partial charge in [-0.05, 0) is 65.8 Å². The second kappa shape index (κ2) is 35.5. The maximum atomic E-state index is 15.0. The molecular formula is C66H62N2O26S4. The van der Waals surface area contributed by atoms with Crippen molar-refractivity contribution in [1.29, 1.82) is 0 Å². The van der Waals surface area contributed by atoms with Crippen LogP contribution in [0.4, 0.5) is 0 Å². The monoisotopic (exact) mass is 1430 g/mol. The van der Waals surface area contributed by atoms with Gasteiger partial charge < -0.3 is 56.8 Å². The molecule has 1 saturated heterocycles. The number of thioether (sulfide) groups is 4. The van der Waals surface area contributed by atoms with E-state index in [2.05, 4.69) is 39.5 Å². The molecular weight excluding hydrogens is 1360 g/mol. The molecule has 3 aliphatic rings. The molecule has 2 amide bonds. The van der Waals surface area contributed by atoms with Gasteiger partial charge in [0.1, 0.15) is 71.6 Å². The van der Waals surface area contributed by atoms with Crippen molar-refractivity contribution in [3.63, 3.8) is 0 Å². The van der Waals surface area contributed by atoms with Gasteiger partial charge in [-0.2, -0.15) is 0 Å². The number of fused-ring (bicyclic) bond motifs is 2. The Bertz CT molecular complexity index is 3720. The zero-order valence-electron chi connectivity index (χ0n) is 53.5. The zero-order valence-corrected chi connectivity index (χ0v) is 56.8. The van der Waals surface area contributed by atoms with Crippen molar-refractivity contribution in [2.75, 3.05) is 79.2 Å². The Morgan fingerprint density at radius 3 is 0.867 bits per heavy atom. The summed E-state index contributed by atoms with van der Waals surface area (Å²) in [5, 5.41) is 1.82. The average molecular weight is 1430 g/mol. The van der Waals surface area contributed by atoms with Crippen LogP contribution < -0.4 is 9.47 Å². The van der Waals surface area contributed by atoms with Crippen LogP contribution in [0.15, 0.2) is 161 Å². The molecule has 3 aromatic carbocycles. The summed E-state index contributed by atoms with van der Waals surface area (Å²) < 4.78 is 64.4. The Labute approximate surface area is 576 Å². The lowest BCUT2D eigenvalue weighted by molar-refractivity contribution is -0.154. The van der Waals surface area contributed by atoms with Gasteiger partial charge in [0.15, 0.2) is 17.1 Å². The Morgan fingerprint density at radius 2 is 0.582 bits per heavy atom. The predicted octanol–water partition coefficient (Wildman–Crippen LogP) is 7.65. The smallest absolute Gasteiger partial charge is 0.347 e. The van der Waals surface area contributed by atoms with E-state index in [1.807, 2.05) is 0 Å². The quantitative estimate of drug-likeness (QED) is 0.0110. The van der Waals surface area contributed by atoms with Crippen LogP contribution in [0.1, 0.15) is 83.0 Å². The average Bonchev–Trinajstić information content (AvgIpc) is 1.56. The summed E-state index contributed by atoms with van der Waals surface area (Å²) in [6, 6.07) is 10.3. The van der Waals surface area contributed by atoms with Crippen LogP contribution in [0.25, 0.3) is 0 Å². The van der Waals surface area contributed by atoms with Crippen molar-refractivity contribution >= 4 is 130 Å². The van der Waals surface area contributed by atoms with Gasteiger partial charge in [0.05, 0.1) is 63.4 Å². The van der Waals surface area contributed by atoms with E-state index in [0.717, 1.165) is 10.0 Å². The fraction of sp³-hybridized carbons (Fsp3) is 0.273. The van der Waals surface area contributed by atoms with Crippen LogP contribution in [-0.2, 0) is 95.3 Å². The highest BCUT2D eigenvalue weighted by Crippen LogP contribution is 2.69. The van der Waals surface area contributed by atoms with Crippen LogP contribution >= 0.6 is 47.0 Å². The summed E-state index contributed by atoms with van der Waals surface area (Å²) >= 11 is 2.23. The number of benzene rings is 3. The van der Waals surface area contributed by atoms with Crippen molar-refractivity contribution in [3.8, 4) is 11.5 Å². The predicted molar refractivity (Wildman–Crippen MR) is 347 cm³/mol. The summed E-state index contributed by atoms with van der Waals surface area (Å²) in [6.07, 6.45) is 0. The fourth-order valence-corrected chi connectivity index (χ4v) is 13.2. The Morgan fingerprint density at radius 1 is 0.337 bits per heavy atom. The molecule has 0 atom stereocenters. The molecule has 0 radical (unpaired) electrons. The van der Waals surface area contributed by atoms with Gasteiger partial charge in [-0.25, -0.2) is 67.6 Å². The molecule has 3 aliphatic heterocycles. The number of nitrogens with zero attached hydrogens (tertiary/aromatic N) is 2. The topological polar surface area (TPSA) is 356 Å². The lowest BCUT2D eigenvalue weighted by atomic mass is 10.1. The van der Waals surface area contributed by atoms with Gasteiger partial charge in [0.25, 0.3) is 11.8 Å². The van der Waals surface area contributed by atoms with E-state index < -0.39 is 196 Å². The Kier molecular flexibility index (Phi) is 27.8. The first kappa shape index (κ1) is 76.6. The van der Waals surface area contributed by atoms with Crippen molar-refractivity contribution < 1.29 is 124 Å². The normalized spacial score (nSPS) is 12.6. The van der Waals surface area contributed by atoms with Crippen LogP contribution in [0.2, 0.25) is 0 Å². The minimum absolute atomic E-state index is 0.00131. The number of esters is 12. The minimum atomic E-state index is -1.41. The van der Waals surface area contributed by atoms with E-state index in [9.17, 15) is 67.1 Å². The molecule has 0 spiro atoms. The largest absolute Gasteiger partial charge is 0.460 e. The molecule has 6 rings (SSSR count). The van der Waals surface area contributed by atoms with Crippen molar-refractivity contribution in [2.24, 2.45) is 0 Å². The van der Waals surface area contributed by atoms with Gasteiger partial charge in [0.2, 0.25) is 0 Å². The summed E-state index contributed by atoms with van der Waals surface area (Å²) in [5.41, 5.74) is -3.01. The number of hydrogen-bond acceptors (Lipinski definition) is 30. The van der Waals surface area contributed by atoms with Gasteiger partial charge in [-0.1, -0.05) is 111 Å². The fourth-order valence-electron chi connectivity index (χ4n) is 7.77. The highest BCUT2D eigenvalue weighted by molar-refractivity contribution is 8.26. The first-order valence-corrected chi connectivity index (χ1v) is 32.1. The Balaban J connectivity index is 1.59. The molecule has 0 aromatic heterocycles. The first-order chi connectivity index (χ1) is 46.4. The molecule has 3 aromatic rings. The summed E-state index contributed by atoms with van der Waals surface area (Å²) in [6.45, 7) is 23.2. The highest BCUT2D eigenvalue weighted by atomic mass is 32.2.